The second kappa shape index (κ2) is 11.9. The molecule has 0 bridgehead atoms. The first-order valence-electron chi connectivity index (χ1n) is 12.1. The molecule has 1 atom stereocenters. The average Bonchev–Trinajstić information content (AvgIpc) is 3.28. The van der Waals surface area contributed by atoms with E-state index >= 15 is 0 Å². The van der Waals surface area contributed by atoms with Crippen molar-refractivity contribution in [2.75, 3.05) is 18.5 Å². The highest BCUT2D eigenvalue weighted by Gasteiger charge is 2.35. The maximum atomic E-state index is 13.2. The van der Waals surface area contributed by atoms with E-state index in [0.717, 1.165) is 36.3 Å². The molecule has 0 amide bonds. The van der Waals surface area contributed by atoms with Crippen LogP contribution < -0.4 is 10.1 Å². The molecule has 0 radical (unpaired) electrons. The van der Waals surface area contributed by atoms with Crippen molar-refractivity contribution in [3.63, 3.8) is 0 Å². The van der Waals surface area contributed by atoms with Crippen LogP contribution in [-0.4, -0.2) is 33.9 Å². The molecule has 0 saturated carbocycles. The predicted molar refractivity (Wildman–Crippen MR) is 139 cm³/mol. The normalized spacial score (nSPS) is 14.9. The third-order valence-corrected chi connectivity index (χ3v) is 6.55. The number of carbonyl (C=O) groups is 1. The molecule has 0 aliphatic carbocycles. The monoisotopic (exact) mass is 492 g/mol. The molecule has 1 unspecified atom stereocenters. The molecule has 35 heavy (non-hydrogen) atoms. The fraction of sp³-hybridized carbons (Fsp3) is 0.370. The molecule has 1 aromatic heterocycles. The van der Waals surface area contributed by atoms with Gasteiger partial charge in [0.05, 0.1) is 18.8 Å². The standard InChI is InChI=1S/C27H32N4O3S/c1-4-6-16-33-22-14-10-13-21(17-22)24-23(25(32)34-15-5-2)19(3)28-26-29-27(30-31(24)26)35-18-20-11-8-7-9-12-20/h7-14,17,24H,4-6,15-16,18H2,1-3H3,(H,28,29,30). The molecule has 3 aromatic rings. The van der Waals surface area contributed by atoms with Gasteiger partial charge in [-0.05, 0) is 43.0 Å². The van der Waals surface area contributed by atoms with E-state index in [1.807, 2.05) is 56.3 Å². The number of nitrogens with zero attached hydrogens (tertiary/aromatic N) is 3. The molecular formula is C27H32N4O3S. The Bertz CT molecular complexity index is 1180. The van der Waals surface area contributed by atoms with Gasteiger partial charge in [-0.1, -0.05) is 74.5 Å². The lowest BCUT2D eigenvalue weighted by atomic mass is 9.95. The van der Waals surface area contributed by atoms with Gasteiger partial charge in [-0.15, -0.1) is 5.10 Å². The number of allylic oxidation sites excluding steroid dienone is 1. The summed E-state index contributed by atoms with van der Waals surface area (Å²) in [6.45, 7) is 7.02. The van der Waals surface area contributed by atoms with Crippen molar-refractivity contribution in [1.82, 2.24) is 14.8 Å². The zero-order valence-electron chi connectivity index (χ0n) is 20.5. The Hall–Kier alpha value is -3.26. The minimum absolute atomic E-state index is 0.348. The Kier molecular flexibility index (Phi) is 8.47. The van der Waals surface area contributed by atoms with Gasteiger partial charge in [0.2, 0.25) is 11.1 Å². The van der Waals surface area contributed by atoms with Gasteiger partial charge in [0.15, 0.2) is 0 Å². The van der Waals surface area contributed by atoms with Gasteiger partial charge in [-0.25, -0.2) is 9.48 Å². The fourth-order valence-corrected chi connectivity index (χ4v) is 4.65. The van der Waals surface area contributed by atoms with E-state index in [1.165, 1.54) is 5.56 Å². The lowest BCUT2D eigenvalue weighted by Gasteiger charge is -2.28. The molecule has 1 N–H and O–H groups in total. The molecule has 1 aliphatic rings. The van der Waals surface area contributed by atoms with E-state index in [2.05, 4.69) is 24.4 Å². The van der Waals surface area contributed by atoms with E-state index in [9.17, 15) is 4.79 Å². The first kappa shape index (κ1) is 24.9. The Labute approximate surface area is 210 Å². The van der Waals surface area contributed by atoms with Crippen LogP contribution in [0.4, 0.5) is 5.95 Å². The highest BCUT2D eigenvalue weighted by molar-refractivity contribution is 7.98. The number of unbranched alkanes of at least 4 members (excludes halogenated alkanes) is 1. The summed E-state index contributed by atoms with van der Waals surface area (Å²) >= 11 is 1.56. The number of benzene rings is 2. The minimum Gasteiger partial charge on any atom is -0.494 e. The number of fused-ring (bicyclic) bond motifs is 1. The number of nitrogens with one attached hydrogen (secondary N) is 1. The highest BCUT2D eigenvalue weighted by Crippen LogP contribution is 2.38. The third kappa shape index (κ3) is 6.06. The van der Waals surface area contributed by atoms with E-state index in [0.29, 0.717) is 35.6 Å². The van der Waals surface area contributed by atoms with E-state index in [-0.39, 0.29) is 5.97 Å². The fourth-order valence-electron chi connectivity index (χ4n) is 3.87. The Morgan fingerprint density at radius 2 is 1.91 bits per heavy atom. The first-order valence-corrected chi connectivity index (χ1v) is 13.1. The van der Waals surface area contributed by atoms with Crippen LogP contribution in [0.25, 0.3) is 0 Å². The number of rotatable bonds is 11. The predicted octanol–water partition coefficient (Wildman–Crippen LogP) is 5.99. The number of aromatic nitrogens is 3. The molecule has 8 heteroatoms. The number of hydrogen-bond acceptors (Lipinski definition) is 7. The maximum Gasteiger partial charge on any atom is 0.338 e. The van der Waals surface area contributed by atoms with E-state index in [1.54, 1.807) is 16.4 Å². The Balaban J connectivity index is 1.67. The van der Waals surface area contributed by atoms with Crippen LogP contribution in [0.2, 0.25) is 0 Å². The molecule has 2 aromatic carbocycles. The van der Waals surface area contributed by atoms with Crippen molar-refractivity contribution >= 4 is 23.7 Å². The Morgan fingerprint density at radius 3 is 2.69 bits per heavy atom. The average molecular weight is 493 g/mol. The minimum atomic E-state index is -0.469. The lowest BCUT2D eigenvalue weighted by Crippen LogP contribution is -2.29. The van der Waals surface area contributed by atoms with Crippen molar-refractivity contribution in [2.45, 2.75) is 57.0 Å². The summed E-state index contributed by atoms with van der Waals surface area (Å²) in [5, 5.41) is 8.71. The first-order chi connectivity index (χ1) is 17.1. The number of carbonyl (C=O) groups excluding carboxylic acids is 1. The van der Waals surface area contributed by atoms with Gasteiger partial charge in [0.1, 0.15) is 11.8 Å². The summed E-state index contributed by atoms with van der Waals surface area (Å²) in [6.07, 6.45) is 2.81. The molecule has 1 aliphatic heterocycles. The van der Waals surface area contributed by atoms with Crippen molar-refractivity contribution in [3.05, 3.63) is 77.0 Å². The molecule has 0 spiro atoms. The number of thioether (sulfide) groups is 1. The number of hydrogen-bond donors (Lipinski definition) is 1. The van der Waals surface area contributed by atoms with Crippen LogP contribution in [0.5, 0.6) is 5.75 Å². The van der Waals surface area contributed by atoms with Gasteiger partial charge >= 0.3 is 5.97 Å². The third-order valence-electron chi connectivity index (χ3n) is 5.64. The summed E-state index contributed by atoms with van der Waals surface area (Å²) in [5.74, 6) is 1.79. The van der Waals surface area contributed by atoms with Crippen molar-refractivity contribution in [3.8, 4) is 5.75 Å². The summed E-state index contributed by atoms with van der Waals surface area (Å²) in [4.78, 5) is 17.9. The second-order valence-electron chi connectivity index (χ2n) is 8.41. The number of anilines is 1. The number of esters is 1. The molecular weight excluding hydrogens is 460 g/mol. The second-order valence-corrected chi connectivity index (χ2v) is 9.36. The Morgan fingerprint density at radius 1 is 1.09 bits per heavy atom. The molecule has 4 rings (SSSR count). The van der Waals surface area contributed by atoms with Gasteiger partial charge in [-0.3, -0.25) is 0 Å². The summed E-state index contributed by atoms with van der Waals surface area (Å²) in [6, 6.07) is 17.6. The van der Waals surface area contributed by atoms with Gasteiger partial charge in [0.25, 0.3) is 0 Å². The van der Waals surface area contributed by atoms with Crippen molar-refractivity contribution in [2.24, 2.45) is 0 Å². The van der Waals surface area contributed by atoms with Crippen LogP contribution >= 0.6 is 11.8 Å². The van der Waals surface area contributed by atoms with Gasteiger partial charge < -0.3 is 14.8 Å². The van der Waals surface area contributed by atoms with Crippen LogP contribution in [-0.2, 0) is 15.3 Å². The quantitative estimate of drug-likeness (QED) is 0.200. The largest absolute Gasteiger partial charge is 0.494 e. The smallest absolute Gasteiger partial charge is 0.338 e. The molecule has 0 fully saturated rings. The van der Waals surface area contributed by atoms with Crippen molar-refractivity contribution in [1.29, 1.82) is 0 Å². The summed E-state index contributed by atoms with van der Waals surface area (Å²) in [7, 11) is 0. The zero-order valence-corrected chi connectivity index (χ0v) is 21.3. The molecule has 0 saturated heterocycles. The van der Waals surface area contributed by atoms with Crippen LogP contribution in [0.3, 0.4) is 0 Å². The maximum absolute atomic E-state index is 13.2. The van der Waals surface area contributed by atoms with Crippen molar-refractivity contribution < 1.29 is 14.3 Å². The molecule has 184 valence electrons. The molecule has 7 nitrogen and oxygen atoms in total. The lowest BCUT2D eigenvalue weighted by molar-refractivity contribution is -0.139. The molecule has 2 heterocycles. The van der Waals surface area contributed by atoms with Crippen LogP contribution in [0.1, 0.15) is 57.2 Å². The SMILES string of the molecule is CCCCOc1cccc(C2C(C(=O)OCCC)=C(C)Nc3nc(SCc4ccccc4)nn32)c1. The summed E-state index contributed by atoms with van der Waals surface area (Å²) in [5.41, 5.74) is 3.34. The van der Waals surface area contributed by atoms with Crippen LogP contribution in [0, 0.1) is 0 Å². The zero-order chi connectivity index (χ0) is 24.6. The summed E-state index contributed by atoms with van der Waals surface area (Å²) < 4.78 is 13.3. The van der Waals surface area contributed by atoms with E-state index in [4.69, 9.17) is 19.6 Å². The van der Waals surface area contributed by atoms with E-state index < -0.39 is 6.04 Å². The van der Waals surface area contributed by atoms with Gasteiger partial charge in [-0.2, -0.15) is 4.98 Å². The van der Waals surface area contributed by atoms with Gasteiger partial charge in [0, 0.05) is 11.4 Å². The highest BCUT2D eigenvalue weighted by atomic mass is 32.2. The topological polar surface area (TPSA) is 78.3 Å². The van der Waals surface area contributed by atoms with Crippen LogP contribution in [0.15, 0.2) is 71.0 Å². The number of ether oxygens (including phenoxy) is 2.